The molecule has 28 heavy (non-hydrogen) atoms. The summed E-state index contributed by atoms with van der Waals surface area (Å²) < 4.78 is 11.5. The van der Waals surface area contributed by atoms with Crippen LogP contribution in [0.1, 0.15) is 27.0 Å². The molecule has 144 valence electrons. The van der Waals surface area contributed by atoms with E-state index in [2.05, 4.69) is 19.2 Å². The summed E-state index contributed by atoms with van der Waals surface area (Å²) in [7, 11) is 0. The molecule has 0 aliphatic rings. The topological polar surface area (TPSA) is 47.6 Å². The third-order valence-electron chi connectivity index (χ3n) is 4.48. The highest BCUT2D eigenvalue weighted by Crippen LogP contribution is 2.17. The van der Waals surface area contributed by atoms with E-state index in [1.54, 1.807) is 12.1 Å². The number of hydrogen-bond donors (Lipinski definition) is 1. The van der Waals surface area contributed by atoms with Crippen LogP contribution < -0.4 is 14.8 Å². The molecule has 0 spiro atoms. The number of aryl methyl sites for hydroxylation is 2. The Bertz CT molecular complexity index is 922. The average Bonchev–Trinajstić information content (AvgIpc) is 2.73. The number of hydrogen-bond acceptors (Lipinski definition) is 3. The van der Waals surface area contributed by atoms with Crippen molar-refractivity contribution in [3.63, 3.8) is 0 Å². The Morgan fingerprint density at radius 1 is 0.821 bits per heavy atom. The molecule has 3 rings (SSSR count). The number of carbonyl (C=O) groups is 1. The molecule has 0 fully saturated rings. The van der Waals surface area contributed by atoms with E-state index in [9.17, 15) is 4.79 Å². The number of carbonyl (C=O) groups excluding carboxylic acids is 1. The summed E-state index contributed by atoms with van der Waals surface area (Å²) in [6.07, 6.45) is 0. The molecule has 0 aliphatic carbocycles. The van der Waals surface area contributed by atoms with Gasteiger partial charge in [0.05, 0.1) is 6.54 Å². The molecule has 0 heterocycles. The van der Waals surface area contributed by atoms with Gasteiger partial charge in [-0.1, -0.05) is 42.5 Å². The third kappa shape index (κ3) is 5.61. The molecule has 1 amide bonds. The summed E-state index contributed by atoms with van der Waals surface area (Å²) >= 11 is 0. The van der Waals surface area contributed by atoms with Gasteiger partial charge in [0, 0.05) is 5.56 Å². The van der Waals surface area contributed by atoms with Crippen LogP contribution in [0.3, 0.4) is 0 Å². The Kier molecular flexibility index (Phi) is 6.68. The lowest BCUT2D eigenvalue weighted by Gasteiger charge is -2.10. The van der Waals surface area contributed by atoms with Gasteiger partial charge in [0.25, 0.3) is 5.91 Å². The van der Waals surface area contributed by atoms with Crippen molar-refractivity contribution in [1.82, 2.24) is 5.32 Å². The van der Waals surface area contributed by atoms with Crippen LogP contribution in [0.15, 0.2) is 72.8 Å². The van der Waals surface area contributed by atoms with Gasteiger partial charge in [0.1, 0.15) is 24.7 Å². The molecule has 0 bridgehead atoms. The highest BCUT2D eigenvalue weighted by Gasteiger charge is 2.07. The highest BCUT2D eigenvalue weighted by atomic mass is 16.5. The summed E-state index contributed by atoms with van der Waals surface area (Å²) in [5, 5.41) is 2.88. The van der Waals surface area contributed by atoms with Gasteiger partial charge in [-0.2, -0.15) is 0 Å². The van der Waals surface area contributed by atoms with E-state index in [4.69, 9.17) is 9.47 Å². The number of amides is 1. The summed E-state index contributed by atoms with van der Waals surface area (Å²) in [4.78, 5) is 12.4. The van der Waals surface area contributed by atoms with Crippen LogP contribution >= 0.6 is 0 Å². The first kappa shape index (κ1) is 19.5. The average molecular weight is 375 g/mol. The maximum Gasteiger partial charge on any atom is 0.251 e. The number of ether oxygens (including phenoxy) is 2. The lowest BCUT2D eigenvalue weighted by atomic mass is 10.1. The predicted molar refractivity (Wildman–Crippen MR) is 111 cm³/mol. The van der Waals surface area contributed by atoms with Crippen molar-refractivity contribution >= 4 is 5.91 Å². The van der Waals surface area contributed by atoms with Crippen molar-refractivity contribution in [2.45, 2.75) is 20.5 Å². The molecular weight excluding hydrogens is 350 g/mol. The molecule has 3 aromatic rings. The van der Waals surface area contributed by atoms with E-state index in [0.29, 0.717) is 31.1 Å². The van der Waals surface area contributed by atoms with E-state index in [-0.39, 0.29) is 5.91 Å². The molecule has 0 unspecified atom stereocenters. The number of nitrogens with one attached hydrogen (secondary N) is 1. The molecule has 4 heteroatoms. The lowest BCUT2D eigenvalue weighted by molar-refractivity contribution is 0.0946. The molecular formula is C24H25NO3. The van der Waals surface area contributed by atoms with Crippen LogP contribution in [0, 0.1) is 13.8 Å². The van der Waals surface area contributed by atoms with Crippen LogP contribution in [0.4, 0.5) is 0 Å². The van der Waals surface area contributed by atoms with Crippen LogP contribution in [0.5, 0.6) is 11.5 Å². The third-order valence-corrected chi connectivity index (χ3v) is 4.48. The molecule has 4 nitrogen and oxygen atoms in total. The van der Waals surface area contributed by atoms with Gasteiger partial charge in [-0.05, 0) is 60.9 Å². The van der Waals surface area contributed by atoms with E-state index in [0.717, 1.165) is 11.3 Å². The van der Waals surface area contributed by atoms with Gasteiger partial charge in [0.15, 0.2) is 0 Å². The quantitative estimate of drug-likeness (QED) is 0.581. The van der Waals surface area contributed by atoms with Crippen molar-refractivity contribution in [1.29, 1.82) is 0 Å². The fraction of sp³-hybridized carbons (Fsp3) is 0.208. The van der Waals surface area contributed by atoms with E-state index >= 15 is 0 Å². The Morgan fingerprint density at radius 2 is 1.61 bits per heavy atom. The summed E-state index contributed by atoms with van der Waals surface area (Å²) in [6.45, 7) is 5.43. The van der Waals surface area contributed by atoms with E-state index < -0.39 is 0 Å². The Morgan fingerprint density at radius 3 is 2.39 bits per heavy atom. The SMILES string of the molecule is Cc1ccc(OCCNC(=O)c2cccc(OCc3ccccc3)c2)cc1C. The standard InChI is InChI=1S/C24H25NO3/c1-18-11-12-23(15-19(18)2)27-14-13-25-24(26)21-9-6-10-22(16-21)28-17-20-7-4-3-5-8-20/h3-12,15-16H,13-14,17H2,1-2H3,(H,25,26). The fourth-order valence-corrected chi connectivity index (χ4v) is 2.71. The molecule has 3 aromatic carbocycles. The van der Waals surface area contributed by atoms with Gasteiger partial charge >= 0.3 is 0 Å². The minimum Gasteiger partial charge on any atom is -0.492 e. The van der Waals surface area contributed by atoms with Crippen LogP contribution in [0.2, 0.25) is 0 Å². The predicted octanol–water partition coefficient (Wildman–Crippen LogP) is 4.69. The largest absolute Gasteiger partial charge is 0.492 e. The molecule has 0 aromatic heterocycles. The van der Waals surface area contributed by atoms with Crippen molar-refractivity contribution in [3.8, 4) is 11.5 Å². The molecule has 0 saturated carbocycles. The summed E-state index contributed by atoms with van der Waals surface area (Å²) in [5.74, 6) is 1.34. The fourth-order valence-electron chi connectivity index (χ4n) is 2.71. The molecule has 0 atom stereocenters. The number of benzene rings is 3. The molecule has 0 aliphatic heterocycles. The van der Waals surface area contributed by atoms with Crippen LogP contribution in [0.25, 0.3) is 0 Å². The maximum atomic E-state index is 12.4. The zero-order valence-electron chi connectivity index (χ0n) is 16.3. The van der Waals surface area contributed by atoms with Crippen LogP contribution in [-0.4, -0.2) is 19.1 Å². The first-order valence-corrected chi connectivity index (χ1v) is 9.37. The van der Waals surface area contributed by atoms with Crippen molar-refractivity contribution < 1.29 is 14.3 Å². The normalized spacial score (nSPS) is 10.4. The second-order valence-electron chi connectivity index (χ2n) is 6.65. The van der Waals surface area contributed by atoms with Gasteiger partial charge < -0.3 is 14.8 Å². The Hall–Kier alpha value is -3.27. The first-order chi connectivity index (χ1) is 13.6. The minimum absolute atomic E-state index is 0.145. The maximum absolute atomic E-state index is 12.4. The van der Waals surface area contributed by atoms with Crippen molar-refractivity contribution in [2.24, 2.45) is 0 Å². The van der Waals surface area contributed by atoms with E-state index in [1.165, 1.54) is 11.1 Å². The minimum atomic E-state index is -0.145. The summed E-state index contributed by atoms with van der Waals surface area (Å²) in [6, 6.07) is 23.1. The molecule has 1 N–H and O–H groups in total. The molecule has 0 radical (unpaired) electrons. The Balaban J connectivity index is 1.46. The van der Waals surface area contributed by atoms with Crippen molar-refractivity contribution in [2.75, 3.05) is 13.2 Å². The number of rotatable bonds is 8. The smallest absolute Gasteiger partial charge is 0.251 e. The van der Waals surface area contributed by atoms with Gasteiger partial charge in [0.2, 0.25) is 0 Å². The second-order valence-corrected chi connectivity index (χ2v) is 6.65. The van der Waals surface area contributed by atoms with Gasteiger partial charge in [-0.25, -0.2) is 0 Å². The van der Waals surface area contributed by atoms with Crippen LogP contribution in [-0.2, 0) is 6.61 Å². The lowest BCUT2D eigenvalue weighted by Crippen LogP contribution is -2.28. The second kappa shape index (κ2) is 9.60. The highest BCUT2D eigenvalue weighted by molar-refractivity contribution is 5.94. The zero-order valence-corrected chi connectivity index (χ0v) is 16.3. The summed E-state index contributed by atoms with van der Waals surface area (Å²) in [5.41, 5.74) is 4.07. The van der Waals surface area contributed by atoms with Crippen molar-refractivity contribution in [3.05, 3.63) is 95.1 Å². The molecule has 0 saturated heterocycles. The van der Waals surface area contributed by atoms with Gasteiger partial charge in [-0.15, -0.1) is 0 Å². The monoisotopic (exact) mass is 375 g/mol. The first-order valence-electron chi connectivity index (χ1n) is 9.37. The Labute approximate surface area is 166 Å². The van der Waals surface area contributed by atoms with E-state index in [1.807, 2.05) is 60.7 Å². The van der Waals surface area contributed by atoms with Gasteiger partial charge in [-0.3, -0.25) is 4.79 Å². The zero-order chi connectivity index (χ0) is 19.8.